The molecule has 0 aliphatic carbocycles. The Balaban J connectivity index is 2.68. The zero-order chi connectivity index (χ0) is 10.8. The van der Waals surface area contributed by atoms with E-state index in [1.807, 2.05) is 0 Å². The normalized spacial score (nSPS) is 11.9. The van der Waals surface area contributed by atoms with E-state index in [0.717, 1.165) is 0 Å². The molecule has 0 spiro atoms. The number of hydrogen-bond donors (Lipinski definition) is 0. The van der Waals surface area contributed by atoms with Gasteiger partial charge in [-0.2, -0.15) is 0 Å². The molecule has 1 aromatic heterocycles. The summed E-state index contributed by atoms with van der Waals surface area (Å²) in [6.45, 7) is 1.90. The number of hydrogen-bond acceptors (Lipinski definition) is 3. The average Bonchev–Trinajstić information content (AvgIpc) is 2.45. The van der Waals surface area contributed by atoms with E-state index in [1.54, 1.807) is 6.92 Å². The van der Waals surface area contributed by atoms with Gasteiger partial charge in [-0.1, -0.05) is 30.1 Å². The van der Waals surface area contributed by atoms with Crippen LogP contribution in [-0.2, 0) is 16.4 Å². The lowest BCUT2D eigenvalue weighted by molar-refractivity contribution is 0.590. The molecule has 0 atom stereocenters. The van der Waals surface area contributed by atoms with Gasteiger partial charge in [-0.15, -0.1) is 0 Å². The molecule has 80 valence electrons. The highest BCUT2D eigenvalue weighted by Crippen LogP contribution is 2.19. The van der Waals surface area contributed by atoms with Crippen molar-refractivity contribution in [2.24, 2.45) is 0 Å². The van der Waals surface area contributed by atoms with Crippen LogP contribution in [0.25, 0.3) is 0 Å². The van der Waals surface area contributed by atoms with Gasteiger partial charge in [-0.3, -0.25) is 0 Å². The van der Waals surface area contributed by atoms with Crippen molar-refractivity contribution in [3.05, 3.63) is 16.6 Å². The first kappa shape index (κ1) is 11.8. The largest absolute Gasteiger partial charge is 0.319 e. The summed E-state index contributed by atoms with van der Waals surface area (Å²) < 4.78 is 23.9. The van der Waals surface area contributed by atoms with Gasteiger partial charge in [0.2, 0.25) is 0 Å². The second kappa shape index (κ2) is 4.51. The molecule has 0 N–H and O–H groups in total. The summed E-state index contributed by atoms with van der Waals surface area (Å²) in [5.41, 5.74) is 0. The molecule has 0 aromatic carbocycles. The molecule has 0 aliphatic rings. The highest BCUT2D eigenvalue weighted by atomic mass is 35.5. The van der Waals surface area contributed by atoms with Crippen molar-refractivity contribution in [1.82, 2.24) is 9.55 Å². The minimum absolute atomic E-state index is 0.0515. The molecule has 0 amide bonds. The van der Waals surface area contributed by atoms with Gasteiger partial charge in [-0.05, 0) is 0 Å². The number of aromatic nitrogens is 2. The van der Waals surface area contributed by atoms with E-state index in [1.165, 1.54) is 10.9 Å². The van der Waals surface area contributed by atoms with Crippen LogP contribution in [0.15, 0.2) is 6.33 Å². The van der Waals surface area contributed by atoms with E-state index in [4.69, 9.17) is 23.2 Å². The summed E-state index contributed by atoms with van der Waals surface area (Å²) in [7, 11) is -2.98. The topological polar surface area (TPSA) is 52.0 Å². The summed E-state index contributed by atoms with van der Waals surface area (Å²) >= 11 is 11.4. The third-order valence-electron chi connectivity index (χ3n) is 1.82. The number of rotatable bonds is 4. The molecule has 0 saturated heterocycles. The molecule has 14 heavy (non-hydrogen) atoms. The van der Waals surface area contributed by atoms with Crippen LogP contribution >= 0.6 is 23.2 Å². The molecular weight excluding hydrogens is 247 g/mol. The second-order valence-corrected chi connectivity index (χ2v) is 5.94. The van der Waals surface area contributed by atoms with Gasteiger partial charge < -0.3 is 4.57 Å². The number of sulfone groups is 1. The van der Waals surface area contributed by atoms with E-state index >= 15 is 0 Å². The van der Waals surface area contributed by atoms with Crippen molar-refractivity contribution in [2.45, 2.75) is 13.5 Å². The predicted molar refractivity (Wildman–Crippen MR) is 56.6 cm³/mol. The summed E-state index contributed by atoms with van der Waals surface area (Å²) in [5.74, 6) is 0.183. The molecule has 0 fully saturated rings. The molecule has 0 aliphatic heterocycles. The number of nitrogens with zero attached hydrogens (tertiary/aromatic N) is 2. The number of aryl methyl sites for hydroxylation is 1. The van der Waals surface area contributed by atoms with Crippen LogP contribution in [0.3, 0.4) is 0 Å². The Bertz CT molecular complexity index is 413. The zero-order valence-corrected chi connectivity index (χ0v) is 9.90. The minimum atomic E-state index is -2.98. The summed E-state index contributed by atoms with van der Waals surface area (Å²) in [6.07, 6.45) is 1.43. The molecule has 1 rings (SSSR count). The third-order valence-corrected chi connectivity index (χ3v) is 4.27. The summed E-state index contributed by atoms with van der Waals surface area (Å²) in [4.78, 5) is 3.74. The van der Waals surface area contributed by atoms with Crippen LogP contribution in [0.2, 0.25) is 10.3 Å². The maximum atomic E-state index is 11.2. The minimum Gasteiger partial charge on any atom is -0.319 e. The quantitative estimate of drug-likeness (QED) is 0.823. The Hall–Kier alpha value is -0.260. The van der Waals surface area contributed by atoms with Crippen molar-refractivity contribution in [3.8, 4) is 0 Å². The molecule has 1 heterocycles. The third kappa shape index (κ3) is 2.87. The fourth-order valence-corrected chi connectivity index (χ4v) is 1.97. The van der Waals surface area contributed by atoms with Crippen LogP contribution < -0.4 is 0 Å². The number of halogens is 2. The van der Waals surface area contributed by atoms with Gasteiger partial charge in [0.15, 0.2) is 15.0 Å². The first-order valence-electron chi connectivity index (χ1n) is 4.03. The predicted octanol–water partition coefficient (Wildman–Crippen LogP) is 1.62. The van der Waals surface area contributed by atoms with Gasteiger partial charge in [-0.25, -0.2) is 13.4 Å². The van der Waals surface area contributed by atoms with Gasteiger partial charge in [0.1, 0.15) is 5.15 Å². The lowest BCUT2D eigenvalue weighted by Gasteiger charge is -2.03. The monoisotopic (exact) mass is 256 g/mol. The van der Waals surface area contributed by atoms with Gasteiger partial charge in [0.25, 0.3) is 0 Å². The van der Waals surface area contributed by atoms with Crippen molar-refractivity contribution in [1.29, 1.82) is 0 Å². The van der Waals surface area contributed by atoms with Crippen molar-refractivity contribution in [3.63, 3.8) is 0 Å². The molecule has 4 nitrogen and oxygen atoms in total. The molecule has 0 radical (unpaired) electrons. The van der Waals surface area contributed by atoms with E-state index in [0.29, 0.717) is 0 Å². The van der Waals surface area contributed by atoms with Crippen LogP contribution in [0.1, 0.15) is 6.92 Å². The Morgan fingerprint density at radius 3 is 2.57 bits per heavy atom. The lowest BCUT2D eigenvalue weighted by Crippen LogP contribution is -2.14. The number of imidazole rings is 1. The molecule has 0 bridgehead atoms. The summed E-state index contributed by atoms with van der Waals surface area (Å²) in [6, 6.07) is 0. The summed E-state index contributed by atoms with van der Waals surface area (Å²) in [5, 5.41) is 0.471. The average molecular weight is 257 g/mol. The lowest BCUT2D eigenvalue weighted by atomic mass is 10.7. The smallest absolute Gasteiger partial charge is 0.166 e. The Morgan fingerprint density at radius 2 is 2.14 bits per heavy atom. The van der Waals surface area contributed by atoms with E-state index in [-0.39, 0.29) is 28.4 Å². The molecule has 7 heteroatoms. The fraction of sp³-hybridized carbons (Fsp3) is 0.571. The highest BCUT2D eigenvalue weighted by Gasteiger charge is 2.10. The Morgan fingerprint density at radius 1 is 1.50 bits per heavy atom. The van der Waals surface area contributed by atoms with E-state index < -0.39 is 9.84 Å². The first-order chi connectivity index (χ1) is 6.46. The van der Waals surface area contributed by atoms with E-state index in [9.17, 15) is 8.42 Å². The SMILES string of the molecule is CCS(=O)(=O)CCn1cnc(Cl)c1Cl. The van der Waals surface area contributed by atoms with Crippen LogP contribution in [0, 0.1) is 0 Å². The van der Waals surface area contributed by atoms with Crippen LogP contribution in [0.4, 0.5) is 0 Å². The first-order valence-corrected chi connectivity index (χ1v) is 6.60. The van der Waals surface area contributed by atoms with E-state index in [2.05, 4.69) is 4.98 Å². The fourth-order valence-electron chi connectivity index (χ4n) is 0.881. The maximum absolute atomic E-state index is 11.2. The van der Waals surface area contributed by atoms with Crippen LogP contribution in [-0.4, -0.2) is 29.5 Å². The van der Waals surface area contributed by atoms with Crippen molar-refractivity contribution in [2.75, 3.05) is 11.5 Å². The van der Waals surface area contributed by atoms with Gasteiger partial charge in [0.05, 0.1) is 12.1 Å². The molecule has 0 saturated carbocycles. The Kier molecular flexibility index (Phi) is 3.80. The standard InChI is InChI=1S/C7H10Cl2N2O2S/c1-2-14(12,13)4-3-11-5-10-6(8)7(11)9/h5H,2-4H2,1H3. The van der Waals surface area contributed by atoms with Gasteiger partial charge >= 0.3 is 0 Å². The van der Waals surface area contributed by atoms with Crippen LogP contribution in [0.5, 0.6) is 0 Å². The molecule has 0 unspecified atom stereocenters. The maximum Gasteiger partial charge on any atom is 0.166 e. The van der Waals surface area contributed by atoms with Crippen molar-refractivity contribution >= 4 is 33.0 Å². The highest BCUT2D eigenvalue weighted by molar-refractivity contribution is 7.91. The zero-order valence-electron chi connectivity index (χ0n) is 7.57. The Labute approximate surface area is 92.8 Å². The van der Waals surface area contributed by atoms with Gasteiger partial charge in [0, 0.05) is 12.3 Å². The van der Waals surface area contributed by atoms with Crippen molar-refractivity contribution < 1.29 is 8.42 Å². The second-order valence-electron chi connectivity index (χ2n) is 2.76. The molecule has 1 aromatic rings. The molecular formula is C7H10Cl2N2O2S.